The fourth-order valence-corrected chi connectivity index (χ4v) is 3.25. The molecule has 0 aromatic carbocycles. The van der Waals surface area contributed by atoms with Crippen LogP contribution in [0.1, 0.15) is 38.5 Å². The quantitative estimate of drug-likeness (QED) is 0.544. The summed E-state index contributed by atoms with van der Waals surface area (Å²) in [5, 5.41) is 0.0211. The van der Waals surface area contributed by atoms with Gasteiger partial charge in [0, 0.05) is 11.3 Å². The lowest BCUT2D eigenvalue weighted by atomic mass is 9.92. The monoisotopic (exact) mass is 262 g/mol. The lowest BCUT2D eigenvalue weighted by Crippen LogP contribution is -2.29. The Balaban J connectivity index is 2.56. The SMILES string of the molecule is Cl[C@@H]1CCCCCC[C@H]1C(Cl)(Cl)Cl. The van der Waals surface area contributed by atoms with Crippen LogP contribution in [0.25, 0.3) is 0 Å². The summed E-state index contributed by atoms with van der Waals surface area (Å²) in [4.78, 5) is 0. The summed E-state index contributed by atoms with van der Waals surface area (Å²) in [6.45, 7) is 0. The lowest BCUT2D eigenvalue weighted by molar-refractivity contribution is 0.389. The van der Waals surface area contributed by atoms with Gasteiger partial charge in [-0.1, -0.05) is 60.5 Å². The first-order valence-corrected chi connectivity index (χ1v) is 6.29. The highest BCUT2D eigenvalue weighted by molar-refractivity contribution is 6.67. The second-order valence-corrected chi connectivity index (χ2v) is 6.59. The van der Waals surface area contributed by atoms with Gasteiger partial charge in [-0.2, -0.15) is 0 Å². The van der Waals surface area contributed by atoms with Gasteiger partial charge in [-0.3, -0.25) is 0 Å². The highest BCUT2D eigenvalue weighted by atomic mass is 35.6. The molecule has 4 heteroatoms. The summed E-state index contributed by atoms with van der Waals surface area (Å²) in [7, 11) is 0. The largest absolute Gasteiger partial charge is 0.194 e. The van der Waals surface area contributed by atoms with E-state index >= 15 is 0 Å². The molecule has 0 amide bonds. The zero-order valence-corrected chi connectivity index (χ0v) is 10.4. The summed E-state index contributed by atoms with van der Waals surface area (Å²) < 4.78 is -1.19. The number of rotatable bonds is 0. The summed E-state index contributed by atoms with van der Waals surface area (Å²) >= 11 is 23.8. The van der Waals surface area contributed by atoms with Crippen molar-refractivity contribution in [1.82, 2.24) is 0 Å². The van der Waals surface area contributed by atoms with E-state index in [0.29, 0.717) is 0 Å². The number of hydrogen-bond acceptors (Lipinski definition) is 0. The molecular weight excluding hydrogens is 250 g/mol. The maximum Gasteiger partial charge on any atom is 0.194 e. The van der Waals surface area contributed by atoms with E-state index in [9.17, 15) is 0 Å². The fraction of sp³-hybridized carbons (Fsp3) is 1.00. The van der Waals surface area contributed by atoms with Crippen molar-refractivity contribution in [2.75, 3.05) is 0 Å². The Bertz CT molecular complexity index is 152. The van der Waals surface area contributed by atoms with Crippen LogP contribution in [0.15, 0.2) is 0 Å². The van der Waals surface area contributed by atoms with Gasteiger partial charge in [0.2, 0.25) is 0 Å². The first-order valence-electron chi connectivity index (χ1n) is 4.72. The second-order valence-electron chi connectivity index (χ2n) is 3.66. The summed E-state index contributed by atoms with van der Waals surface area (Å²) in [5.74, 6) is 0.0134. The first-order chi connectivity index (χ1) is 6.02. The maximum absolute atomic E-state index is 6.19. The van der Waals surface area contributed by atoms with Crippen LogP contribution in [0.2, 0.25) is 0 Å². The Morgan fingerprint density at radius 3 is 1.92 bits per heavy atom. The van der Waals surface area contributed by atoms with Crippen molar-refractivity contribution >= 4 is 46.4 Å². The molecular formula is C9H14Cl4. The standard InChI is InChI=1S/C9H14Cl4/c10-8-6-4-2-1-3-5-7(8)9(11,12)13/h7-8H,1-6H2/t7-,8-/m1/s1. The van der Waals surface area contributed by atoms with Gasteiger partial charge in [-0.25, -0.2) is 0 Å². The second kappa shape index (κ2) is 5.30. The number of halogens is 4. The van der Waals surface area contributed by atoms with Crippen molar-refractivity contribution in [1.29, 1.82) is 0 Å². The average Bonchev–Trinajstić information content (AvgIpc) is 1.94. The summed E-state index contributed by atoms with van der Waals surface area (Å²) in [5.41, 5.74) is 0. The molecule has 1 fully saturated rings. The number of alkyl halides is 4. The van der Waals surface area contributed by atoms with Gasteiger partial charge in [0.25, 0.3) is 0 Å². The van der Waals surface area contributed by atoms with Crippen molar-refractivity contribution in [3.8, 4) is 0 Å². The highest BCUT2D eigenvalue weighted by Gasteiger charge is 2.37. The van der Waals surface area contributed by atoms with E-state index in [-0.39, 0.29) is 11.3 Å². The van der Waals surface area contributed by atoms with Gasteiger partial charge in [-0.15, -0.1) is 11.6 Å². The number of hydrogen-bond donors (Lipinski definition) is 0. The van der Waals surface area contributed by atoms with Crippen molar-refractivity contribution in [2.45, 2.75) is 47.7 Å². The van der Waals surface area contributed by atoms with E-state index in [4.69, 9.17) is 46.4 Å². The molecule has 0 radical (unpaired) electrons. The fourth-order valence-electron chi connectivity index (χ4n) is 1.81. The normalized spacial score (nSPS) is 32.3. The molecule has 1 rings (SSSR count). The van der Waals surface area contributed by atoms with Crippen LogP contribution in [-0.2, 0) is 0 Å². The molecule has 1 saturated carbocycles. The predicted octanol–water partition coefficient (Wildman–Crippen LogP) is 4.93. The molecule has 0 aromatic rings. The molecule has 0 saturated heterocycles. The minimum Gasteiger partial charge on any atom is -0.123 e. The highest BCUT2D eigenvalue weighted by Crippen LogP contribution is 2.43. The van der Waals surface area contributed by atoms with E-state index in [1.807, 2.05) is 0 Å². The average molecular weight is 264 g/mol. The lowest BCUT2D eigenvalue weighted by Gasteiger charge is -2.30. The maximum atomic E-state index is 6.19. The van der Waals surface area contributed by atoms with Crippen molar-refractivity contribution in [3.05, 3.63) is 0 Å². The molecule has 13 heavy (non-hydrogen) atoms. The summed E-state index contributed by atoms with van der Waals surface area (Å²) in [6.07, 6.45) is 6.69. The van der Waals surface area contributed by atoms with E-state index in [1.165, 1.54) is 12.8 Å². The van der Waals surface area contributed by atoms with E-state index in [2.05, 4.69) is 0 Å². The van der Waals surface area contributed by atoms with E-state index < -0.39 is 3.79 Å². The Morgan fingerprint density at radius 2 is 1.38 bits per heavy atom. The molecule has 78 valence electrons. The molecule has 1 aliphatic rings. The minimum atomic E-state index is -1.19. The smallest absolute Gasteiger partial charge is 0.123 e. The third-order valence-corrected chi connectivity index (χ3v) is 3.97. The molecule has 0 aromatic heterocycles. The van der Waals surface area contributed by atoms with Crippen molar-refractivity contribution < 1.29 is 0 Å². The molecule has 2 atom stereocenters. The van der Waals surface area contributed by atoms with Crippen LogP contribution in [0, 0.1) is 5.92 Å². The molecule has 0 nitrogen and oxygen atoms in total. The topological polar surface area (TPSA) is 0 Å². The zero-order chi connectivity index (χ0) is 9.90. The van der Waals surface area contributed by atoms with Crippen molar-refractivity contribution in [2.24, 2.45) is 5.92 Å². The van der Waals surface area contributed by atoms with E-state index in [1.54, 1.807) is 0 Å². The van der Waals surface area contributed by atoms with Crippen LogP contribution in [-0.4, -0.2) is 9.17 Å². The van der Waals surface area contributed by atoms with Gasteiger partial charge < -0.3 is 0 Å². The van der Waals surface area contributed by atoms with E-state index in [0.717, 1.165) is 25.7 Å². The molecule has 0 unspecified atom stereocenters. The van der Waals surface area contributed by atoms with Gasteiger partial charge >= 0.3 is 0 Å². The third kappa shape index (κ3) is 4.03. The summed E-state index contributed by atoms with van der Waals surface area (Å²) in [6, 6.07) is 0. The Hall–Kier alpha value is 1.16. The van der Waals surface area contributed by atoms with Gasteiger partial charge in [0.05, 0.1) is 0 Å². The predicted molar refractivity (Wildman–Crippen MR) is 61.1 cm³/mol. The van der Waals surface area contributed by atoms with Crippen LogP contribution < -0.4 is 0 Å². The van der Waals surface area contributed by atoms with Crippen LogP contribution in [0.4, 0.5) is 0 Å². The molecule has 0 spiro atoms. The molecule has 0 N–H and O–H groups in total. The molecule has 0 aliphatic heterocycles. The van der Waals surface area contributed by atoms with Gasteiger partial charge in [0.15, 0.2) is 3.79 Å². The molecule has 1 aliphatic carbocycles. The Kier molecular flexibility index (Phi) is 4.99. The van der Waals surface area contributed by atoms with Crippen LogP contribution in [0.5, 0.6) is 0 Å². The molecule has 0 heterocycles. The van der Waals surface area contributed by atoms with Crippen LogP contribution in [0.3, 0.4) is 0 Å². The third-order valence-electron chi connectivity index (χ3n) is 2.60. The Morgan fingerprint density at radius 1 is 0.846 bits per heavy atom. The van der Waals surface area contributed by atoms with Crippen LogP contribution >= 0.6 is 46.4 Å². The first kappa shape index (κ1) is 12.2. The van der Waals surface area contributed by atoms with Crippen molar-refractivity contribution in [3.63, 3.8) is 0 Å². The van der Waals surface area contributed by atoms with Gasteiger partial charge in [0.1, 0.15) is 0 Å². The molecule has 0 bridgehead atoms. The Labute approximate surface area is 99.9 Å². The zero-order valence-electron chi connectivity index (χ0n) is 7.41. The minimum absolute atomic E-state index is 0.0134. The van der Waals surface area contributed by atoms with Gasteiger partial charge in [-0.05, 0) is 12.8 Å².